The normalized spacial score (nSPS) is 10.8. The van der Waals surface area contributed by atoms with E-state index < -0.39 is 0 Å². The molecular weight excluding hydrogens is 2260 g/mol. The molecule has 10 heterocycles. The number of benzene rings is 13. The molecule has 0 fully saturated rings. The Morgan fingerprint density at radius 3 is 1.01 bits per heavy atom. The molecule has 0 atom stereocenters. The first-order valence-corrected chi connectivity index (χ1v) is 45.5. The van der Waals surface area contributed by atoms with Crippen LogP contribution in [0.2, 0.25) is 0 Å². The molecule has 16 nitrogen and oxygen atoms in total. The predicted octanol–water partition coefficient (Wildman–Crippen LogP) is 28.8. The Balaban J connectivity index is 0.000000138. The van der Waals surface area contributed by atoms with Crippen molar-refractivity contribution in [3.63, 3.8) is 0 Å². The molecule has 13 aromatic carbocycles. The van der Waals surface area contributed by atoms with E-state index in [0.717, 1.165) is 205 Å². The number of aromatic nitrogens is 13. The molecule has 0 saturated carbocycles. The van der Waals surface area contributed by atoms with Gasteiger partial charge in [-0.15, -0.1) is 132 Å². The fourth-order valence-electron chi connectivity index (χ4n) is 17.4. The Morgan fingerprint density at radius 2 is 0.593 bits per heavy atom. The van der Waals surface area contributed by atoms with E-state index in [1.807, 2.05) is 217 Å². The first-order chi connectivity index (χ1) is 67.8. The summed E-state index contributed by atoms with van der Waals surface area (Å²) in [5, 5.41) is 0. The minimum absolute atomic E-state index is 0. The third-order valence-electron chi connectivity index (χ3n) is 23.9. The summed E-state index contributed by atoms with van der Waals surface area (Å²) in [5.41, 5.74) is 29.3. The molecular formula is C121H86N16Pt3. The van der Waals surface area contributed by atoms with Gasteiger partial charge in [0.15, 0.2) is 0 Å². The van der Waals surface area contributed by atoms with Gasteiger partial charge in [0, 0.05) is 65.0 Å². The molecule has 680 valence electrons. The zero-order valence-electron chi connectivity index (χ0n) is 76.2. The van der Waals surface area contributed by atoms with Crippen molar-refractivity contribution in [3.8, 4) is 107 Å². The van der Waals surface area contributed by atoms with Gasteiger partial charge < -0.3 is 48.3 Å². The molecule has 0 unspecified atom stereocenters. The van der Waals surface area contributed by atoms with Gasteiger partial charge >= 0.3 is 63.2 Å². The third kappa shape index (κ3) is 19.9. The SMILES string of the molecule is CCc1cnc(-c2[c-]c(N(c3[c-]c4c(cc3)nc(-c3ccccc3)n4-c3ccccn3)c3ccccc3-c3ccccc3)ccc2)cc1CC.Cc1nc2ccc(N(c3[c-]c(-c4ccccn4)ccc3)c3ccccc3-c3ccccc3)[c-]c2n1-c1ccccn1.[Pt+2].[Pt+2].[Pt+2].[c-]1c(-c2ccccn2)cccc1N(c1[c-]c2c(nc1)nc(-c1ccccc1)n2-c1ccccn1)c1ccccc1-c1ccccc1. The van der Waals surface area contributed by atoms with E-state index in [1.165, 1.54) is 11.1 Å². The van der Waals surface area contributed by atoms with E-state index in [4.69, 9.17) is 34.9 Å². The molecule has 0 radical (unpaired) electrons. The topological polar surface area (TPSA) is 153 Å². The molecule has 0 N–H and O–H groups in total. The number of nitrogens with zero attached hydrogens (tertiary/aromatic N) is 16. The largest absolute Gasteiger partial charge is 2.00 e. The minimum atomic E-state index is 0. The number of hydrogen-bond acceptors (Lipinski definition) is 13. The molecule has 0 saturated heterocycles. The van der Waals surface area contributed by atoms with Crippen LogP contribution in [0, 0.1) is 43.3 Å². The molecule has 23 rings (SSSR count). The first-order valence-electron chi connectivity index (χ1n) is 45.5. The average molecular weight is 2350 g/mol. The van der Waals surface area contributed by atoms with E-state index >= 15 is 0 Å². The van der Waals surface area contributed by atoms with E-state index in [-0.39, 0.29) is 63.2 Å². The number of hydrogen-bond donors (Lipinski definition) is 0. The second-order valence-corrected chi connectivity index (χ2v) is 32.4. The van der Waals surface area contributed by atoms with Crippen LogP contribution >= 0.6 is 0 Å². The van der Waals surface area contributed by atoms with Crippen molar-refractivity contribution in [2.75, 3.05) is 14.7 Å². The molecule has 140 heavy (non-hydrogen) atoms. The van der Waals surface area contributed by atoms with Crippen LogP contribution in [0.15, 0.2) is 444 Å². The van der Waals surface area contributed by atoms with Crippen LogP contribution in [0.1, 0.15) is 30.8 Å². The third-order valence-corrected chi connectivity index (χ3v) is 23.9. The Bertz CT molecular complexity index is 8130. The zero-order chi connectivity index (χ0) is 92.2. The van der Waals surface area contributed by atoms with Crippen molar-refractivity contribution in [1.82, 2.24) is 63.5 Å². The van der Waals surface area contributed by atoms with Gasteiger partial charge in [-0.3, -0.25) is 15.0 Å². The molecule has 0 aliphatic rings. The van der Waals surface area contributed by atoms with Gasteiger partial charge in [-0.2, -0.15) is 0 Å². The second kappa shape index (κ2) is 43.9. The van der Waals surface area contributed by atoms with Crippen molar-refractivity contribution in [3.05, 3.63) is 497 Å². The van der Waals surface area contributed by atoms with E-state index in [1.54, 1.807) is 24.8 Å². The van der Waals surface area contributed by atoms with E-state index in [9.17, 15) is 0 Å². The van der Waals surface area contributed by atoms with Crippen LogP contribution in [0.4, 0.5) is 51.2 Å². The van der Waals surface area contributed by atoms with Crippen LogP contribution in [-0.4, -0.2) is 63.5 Å². The summed E-state index contributed by atoms with van der Waals surface area (Å²) < 4.78 is 6.17. The summed E-state index contributed by atoms with van der Waals surface area (Å²) in [5.74, 6) is 4.73. The molecule has 10 aromatic heterocycles. The Morgan fingerprint density at radius 1 is 0.250 bits per heavy atom. The molecule has 0 spiro atoms. The van der Waals surface area contributed by atoms with Gasteiger partial charge in [-0.1, -0.05) is 292 Å². The van der Waals surface area contributed by atoms with Gasteiger partial charge in [-0.05, 0) is 176 Å². The van der Waals surface area contributed by atoms with Gasteiger partial charge in [0.1, 0.15) is 29.1 Å². The van der Waals surface area contributed by atoms with Crippen molar-refractivity contribution in [2.45, 2.75) is 33.6 Å². The zero-order valence-corrected chi connectivity index (χ0v) is 83.0. The number of pyridine rings is 7. The van der Waals surface area contributed by atoms with Crippen LogP contribution < -0.4 is 14.7 Å². The maximum absolute atomic E-state index is 5.11. The van der Waals surface area contributed by atoms with Crippen LogP contribution in [0.5, 0.6) is 0 Å². The summed E-state index contributed by atoms with van der Waals surface area (Å²) >= 11 is 0. The number of rotatable bonds is 22. The monoisotopic (exact) mass is 2350 g/mol. The first kappa shape index (κ1) is 94.2. The number of imidazole rings is 3. The van der Waals surface area contributed by atoms with Gasteiger partial charge in [-0.25, -0.2) is 15.0 Å². The fraction of sp³-hybridized carbons (Fsp3) is 0.0413. The maximum Gasteiger partial charge on any atom is 2.00 e. The van der Waals surface area contributed by atoms with Crippen molar-refractivity contribution in [1.29, 1.82) is 0 Å². The molecule has 0 aliphatic carbocycles. The number of fused-ring (bicyclic) bond motifs is 3. The number of para-hydroxylation sites is 3. The second-order valence-electron chi connectivity index (χ2n) is 32.4. The summed E-state index contributed by atoms with van der Waals surface area (Å²) in [6, 6.07) is 158. The van der Waals surface area contributed by atoms with Gasteiger partial charge in [0.2, 0.25) is 0 Å². The van der Waals surface area contributed by atoms with Crippen molar-refractivity contribution < 1.29 is 63.2 Å². The Kier molecular flexibility index (Phi) is 29.5. The van der Waals surface area contributed by atoms with Gasteiger partial charge in [0.05, 0.1) is 28.5 Å². The number of anilines is 9. The summed E-state index contributed by atoms with van der Waals surface area (Å²) in [7, 11) is 0. The smallest absolute Gasteiger partial charge is 0.362 e. The van der Waals surface area contributed by atoms with Crippen LogP contribution in [0.25, 0.3) is 141 Å². The summed E-state index contributed by atoms with van der Waals surface area (Å²) in [4.78, 5) is 54.5. The van der Waals surface area contributed by atoms with Crippen LogP contribution in [-0.2, 0) is 76.0 Å². The average Bonchev–Trinajstić information content (AvgIpc) is 1.57. The molecule has 23 aromatic rings. The molecule has 0 bridgehead atoms. The standard InChI is InChI=1S/C45H35N5.C40H26N6.C36H25N5.3Pt/c1-3-32-29-41(47-31-33(32)4-2)36-20-15-21-37(28-36)49(42-23-12-11-22-39(42)34-16-7-5-8-17-34)38-25-26-40-43(30-38)50(44-24-13-14-27-46-44)45(48-40)35-18-9-6-10-19-35;1-3-14-29(15-4-1)34-20-7-8-22-36(34)45(32-19-13-18-31(26-32)35-21-9-11-24-41-35)33-27-37-39(43-28-33)44-40(30-16-5-2-6-17-30)46(37)38-23-10-12-25-42-38;1-26-39-33-21-20-30(25-35(33)40(26)36-19-8-10-23-38-36)41(29-15-11-14-28(24-29)32-17-7-9-22-37-32)34-18-6-5-16-31(34)27-12-3-2-4-13-27;;;/h5-27,29,31H,3-4H2,1-2H3;1-25,28H;2-23H,1H3;;;/q3*-2;3*+2. The molecule has 0 aliphatic heterocycles. The Hall–Kier alpha value is -16.2. The van der Waals surface area contributed by atoms with Crippen molar-refractivity contribution in [2.24, 2.45) is 0 Å². The minimum Gasteiger partial charge on any atom is -0.362 e. The molecule has 0 amide bonds. The number of aryl methyl sites for hydroxylation is 3. The predicted molar refractivity (Wildman–Crippen MR) is 552 cm³/mol. The van der Waals surface area contributed by atoms with Gasteiger partial charge in [0.25, 0.3) is 0 Å². The summed E-state index contributed by atoms with van der Waals surface area (Å²) in [6.45, 7) is 6.38. The van der Waals surface area contributed by atoms with Crippen LogP contribution in [0.3, 0.4) is 0 Å². The fourth-order valence-corrected chi connectivity index (χ4v) is 17.4. The van der Waals surface area contributed by atoms with E-state index in [0.29, 0.717) is 5.65 Å². The molecule has 19 heteroatoms. The quantitative estimate of drug-likeness (QED) is 0.0592. The van der Waals surface area contributed by atoms with E-state index in [2.05, 4.69) is 303 Å². The summed E-state index contributed by atoms with van der Waals surface area (Å²) in [6.07, 6.45) is 14.8. The van der Waals surface area contributed by atoms with Crippen molar-refractivity contribution >= 4 is 84.4 Å². The Labute approximate surface area is 856 Å². The maximum atomic E-state index is 5.11.